The van der Waals surface area contributed by atoms with Crippen LogP contribution in [-0.4, -0.2) is 32.6 Å². The van der Waals surface area contributed by atoms with Crippen molar-refractivity contribution in [1.82, 2.24) is 5.32 Å². The van der Waals surface area contributed by atoms with Crippen molar-refractivity contribution in [1.29, 1.82) is 0 Å². The van der Waals surface area contributed by atoms with E-state index in [2.05, 4.69) is 54.2 Å². The van der Waals surface area contributed by atoms with E-state index in [1.165, 1.54) is 49.7 Å². The lowest BCUT2D eigenvalue weighted by Gasteiger charge is -2.10. The number of rotatable bonds is 3. The summed E-state index contributed by atoms with van der Waals surface area (Å²) < 4.78 is 4.53. The predicted molar refractivity (Wildman–Crippen MR) is 130 cm³/mol. The Bertz CT molecular complexity index is 714. The molecule has 0 fully saturated rings. The molecule has 4 rings (SSSR count). The van der Waals surface area contributed by atoms with Gasteiger partial charge in [-0.05, 0) is 99.7 Å². The van der Waals surface area contributed by atoms with E-state index < -0.39 is 0 Å². The van der Waals surface area contributed by atoms with E-state index in [0.29, 0.717) is 0 Å². The number of nitrogens with one attached hydrogen (secondary N) is 1. The Morgan fingerprint density at radius 3 is 1.87 bits per heavy atom. The van der Waals surface area contributed by atoms with Gasteiger partial charge in [0.1, 0.15) is 6.23 Å². The third-order valence-corrected chi connectivity index (χ3v) is 5.65. The van der Waals surface area contributed by atoms with Crippen LogP contribution in [0.25, 0.3) is 0 Å². The first-order valence-electron chi connectivity index (χ1n) is 11.0. The van der Waals surface area contributed by atoms with Crippen molar-refractivity contribution in [2.24, 2.45) is 5.73 Å². The quantitative estimate of drug-likeness (QED) is 0.646. The molecule has 2 aromatic carbocycles. The number of aryl methyl sites for hydroxylation is 3. The smallest absolute Gasteiger partial charge is 0.102 e. The Morgan fingerprint density at radius 1 is 1.00 bits per heavy atom. The maximum absolute atomic E-state index is 7.00. The van der Waals surface area contributed by atoms with Crippen LogP contribution in [0.1, 0.15) is 60.1 Å². The van der Waals surface area contributed by atoms with E-state index in [9.17, 15) is 0 Å². The zero-order valence-electron chi connectivity index (χ0n) is 19.8. The van der Waals surface area contributed by atoms with Gasteiger partial charge in [-0.3, -0.25) is 0 Å². The van der Waals surface area contributed by atoms with Crippen LogP contribution in [0.2, 0.25) is 0 Å². The van der Waals surface area contributed by atoms with Crippen molar-refractivity contribution in [3.63, 3.8) is 0 Å². The highest BCUT2D eigenvalue weighted by atomic mass is 16.5. The summed E-state index contributed by atoms with van der Waals surface area (Å²) in [5.41, 5.74) is 16.1. The topological polar surface area (TPSA) is 67.5 Å². The molecule has 4 N–H and O–H groups in total. The number of aliphatic hydroxyl groups is 1. The predicted octanol–water partition coefficient (Wildman–Crippen LogP) is 4.48. The molecule has 0 saturated heterocycles. The van der Waals surface area contributed by atoms with Gasteiger partial charge in [-0.2, -0.15) is 0 Å². The molecule has 4 heteroatoms. The third kappa shape index (κ3) is 8.19. The molecule has 1 atom stereocenters. The van der Waals surface area contributed by atoms with Gasteiger partial charge in [-0.1, -0.05) is 35.9 Å². The fourth-order valence-corrected chi connectivity index (χ4v) is 4.01. The lowest BCUT2D eigenvalue weighted by molar-refractivity contribution is 0.124. The van der Waals surface area contributed by atoms with Gasteiger partial charge in [0.05, 0.1) is 0 Å². The first kappa shape index (κ1) is 26.3. The van der Waals surface area contributed by atoms with Gasteiger partial charge in [-0.25, -0.2) is 0 Å². The maximum atomic E-state index is 7.00. The number of methoxy groups -OCH3 is 1. The van der Waals surface area contributed by atoms with Crippen molar-refractivity contribution < 1.29 is 11.3 Å². The number of ether oxygens (including phenoxy) is 1. The van der Waals surface area contributed by atoms with E-state index in [1.807, 2.05) is 7.05 Å². The molecular weight excluding hydrogens is 372 g/mol. The summed E-state index contributed by atoms with van der Waals surface area (Å²) in [5.74, 6) is 0. The normalized spacial score (nSPS) is 14.1. The number of fused-ring (bicyclic) bond motifs is 2. The highest BCUT2D eigenvalue weighted by Crippen LogP contribution is 2.34. The van der Waals surface area contributed by atoms with Crippen LogP contribution in [-0.2, 0) is 37.0 Å². The zero-order valence-corrected chi connectivity index (χ0v) is 19.8. The van der Waals surface area contributed by atoms with Crippen LogP contribution in [0.15, 0.2) is 30.3 Å². The van der Waals surface area contributed by atoms with Gasteiger partial charge in [-0.15, -0.1) is 0 Å². The first-order chi connectivity index (χ1) is 14.5. The molecule has 1 unspecified atom stereocenters. The summed E-state index contributed by atoms with van der Waals surface area (Å²) in [4.78, 5) is 0. The van der Waals surface area contributed by atoms with E-state index >= 15 is 0 Å². The van der Waals surface area contributed by atoms with E-state index in [-0.39, 0.29) is 7.65 Å². The highest BCUT2D eigenvalue weighted by Gasteiger charge is 2.21. The van der Waals surface area contributed by atoms with Crippen molar-refractivity contribution in [2.45, 2.75) is 72.1 Å². The van der Waals surface area contributed by atoms with Gasteiger partial charge in [0.25, 0.3) is 0 Å². The molecule has 0 saturated carbocycles. The summed E-state index contributed by atoms with van der Waals surface area (Å²) in [5, 5.41) is 10.1. The Morgan fingerprint density at radius 2 is 1.47 bits per heavy atom. The van der Waals surface area contributed by atoms with Crippen molar-refractivity contribution in [2.75, 3.05) is 21.3 Å². The number of nitrogens with two attached hydrogens (primary N) is 1. The second-order valence-corrected chi connectivity index (χ2v) is 7.94. The van der Waals surface area contributed by atoms with Gasteiger partial charge >= 0.3 is 0 Å². The van der Waals surface area contributed by atoms with Crippen LogP contribution < -0.4 is 11.1 Å². The SMILES string of the molecule is CNCc1ccc(C)cc1.CO.COC(C)N.Cc1c2c(cc3c1CCC3)CCC2.[HH]. The standard InChI is InChI=1S/C13H16.C9H13N.C3H9NO.CH4O.H2/c1-9-12-6-2-4-10(12)8-11-5-3-7-13(9)11;1-8-3-5-9(6-4-8)7-10-2;1-3(4)5-2;1-2;/h8H,2-7H2,1H3;3-6,10H,7H2,1-2H3;3H,4H2,1-2H3;2H,1H3;1H. The van der Waals surface area contributed by atoms with E-state index in [1.54, 1.807) is 41.9 Å². The number of aliphatic hydroxyl groups excluding tert-OH is 1. The minimum Gasteiger partial charge on any atom is -0.400 e. The molecule has 0 aliphatic heterocycles. The Kier molecular flexibility index (Phi) is 12.6. The third-order valence-electron chi connectivity index (χ3n) is 5.65. The fraction of sp³-hybridized carbons (Fsp3) is 0.538. The molecule has 0 amide bonds. The Hall–Kier alpha value is -1.72. The van der Waals surface area contributed by atoms with Crippen LogP contribution in [0.3, 0.4) is 0 Å². The largest absolute Gasteiger partial charge is 0.400 e. The van der Waals surface area contributed by atoms with Crippen LogP contribution in [0.5, 0.6) is 0 Å². The van der Waals surface area contributed by atoms with Crippen molar-refractivity contribution >= 4 is 0 Å². The van der Waals surface area contributed by atoms with Gasteiger partial charge < -0.3 is 20.9 Å². The minimum absolute atomic E-state index is 0. The molecule has 0 radical (unpaired) electrons. The molecule has 170 valence electrons. The molecule has 2 aromatic rings. The number of benzene rings is 2. The molecule has 0 aromatic heterocycles. The second kappa shape index (κ2) is 14.3. The number of hydrogen-bond donors (Lipinski definition) is 3. The van der Waals surface area contributed by atoms with Gasteiger partial charge in [0, 0.05) is 22.2 Å². The summed E-state index contributed by atoms with van der Waals surface area (Å²) in [7, 11) is 4.53. The van der Waals surface area contributed by atoms with Gasteiger partial charge in [0.2, 0.25) is 0 Å². The zero-order chi connectivity index (χ0) is 22.5. The average Bonchev–Trinajstić information content (AvgIpc) is 3.42. The lowest BCUT2D eigenvalue weighted by atomic mass is 9.95. The van der Waals surface area contributed by atoms with Crippen LogP contribution in [0.4, 0.5) is 0 Å². The maximum Gasteiger partial charge on any atom is 0.102 e. The van der Waals surface area contributed by atoms with E-state index in [4.69, 9.17) is 10.8 Å². The van der Waals surface area contributed by atoms with Crippen molar-refractivity contribution in [3.8, 4) is 0 Å². The molecule has 2 aliphatic rings. The average molecular weight is 417 g/mol. The fourth-order valence-electron chi connectivity index (χ4n) is 4.01. The van der Waals surface area contributed by atoms with Crippen molar-refractivity contribution in [3.05, 3.63) is 69.3 Å². The Balaban J connectivity index is 0.000000449. The summed E-state index contributed by atoms with van der Waals surface area (Å²) in [6.07, 6.45) is 8.02. The minimum atomic E-state index is -0.116. The first-order valence-corrected chi connectivity index (χ1v) is 11.0. The molecule has 4 nitrogen and oxygen atoms in total. The lowest BCUT2D eigenvalue weighted by Crippen LogP contribution is -2.15. The summed E-state index contributed by atoms with van der Waals surface area (Å²) >= 11 is 0. The molecule has 0 heterocycles. The molecule has 0 spiro atoms. The summed E-state index contributed by atoms with van der Waals surface area (Å²) in [6, 6.07) is 11.1. The number of hydrogen-bond acceptors (Lipinski definition) is 4. The monoisotopic (exact) mass is 416 g/mol. The van der Waals surface area contributed by atoms with Gasteiger partial charge in [0.15, 0.2) is 0 Å². The molecule has 2 aliphatic carbocycles. The summed E-state index contributed by atoms with van der Waals surface area (Å²) in [6.45, 7) is 7.18. The van der Waals surface area contributed by atoms with Crippen LogP contribution >= 0.6 is 0 Å². The Labute approximate surface area is 185 Å². The second-order valence-electron chi connectivity index (χ2n) is 7.94. The van der Waals surface area contributed by atoms with E-state index in [0.717, 1.165) is 13.7 Å². The van der Waals surface area contributed by atoms with Crippen LogP contribution in [0, 0.1) is 13.8 Å². The molecule has 0 bridgehead atoms. The molecular formula is C26H44N2O2. The highest BCUT2D eigenvalue weighted by molar-refractivity contribution is 5.49. The molecule has 30 heavy (non-hydrogen) atoms.